The summed E-state index contributed by atoms with van der Waals surface area (Å²) in [5.41, 5.74) is 0.867. The summed E-state index contributed by atoms with van der Waals surface area (Å²) < 4.78 is 0. The van der Waals surface area contributed by atoms with E-state index >= 15 is 0 Å². The summed E-state index contributed by atoms with van der Waals surface area (Å²) in [5.74, 6) is 0. The van der Waals surface area contributed by atoms with E-state index in [-0.39, 0.29) is 0 Å². The summed E-state index contributed by atoms with van der Waals surface area (Å²) in [4.78, 5) is 2.57. The van der Waals surface area contributed by atoms with Crippen LogP contribution in [0.4, 0.5) is 0 Å². The second kappa shape index (κ2) is 4.27. The minimum absolute atomic E-state index is 0.867. The molecular formula is C11H23N. The van der Waals surface area contributed by atoms with Crippen LogP contribution in [0.25, 0.3) is 0 Å². The Bertz CT molecular complexity index is 117. The summed E-state index contributed by atoms with van der Waals surface area (Å²) in [6.45, 7) is 10.3. The van der Waals surface area contributed by atoms with Crippen molar-refractivity contribution in [3.63, 3.8) is 0 Å². The molecule has 0 unspecified atom stereocenters. The number of piperidine rings is 1. The van der Waals surface area contributed by atoms with Gasteiger partial charge in [-0.1, -0.05) is 20.8 Å². The molecule has 1 spiro atoms. The van der Waals surface area contributed by atoms with Crippen LogP contribution in [0.2, 0.25) is 0 Å². The molecule has 1 saturated heterocycles. The predicted octanol–water partition coefficient (Wildman–Crippen LogP) is 2.91. The van der Waals surface area contributed by atoms with Gasteiger partial charge >= 0.3 is 0 Å². The van der Waals surface area contributed by atoms with Gasteiger partial charge in [0.25, 0.3) is 0 Å². The van der Waals surface area contributed by atoms with Crippen LogP contribution in [0.3, 0.4) is 0 Å². The van der Waals surface area contributed by atoms with Crippen molar-refractivity contribution in [3.8, 4) is 0 Å². The van der Waals surface area contributed by atoms with Gasteiger partial charge in [-0.2, -0.15) is 0 Å². The van der Waals surface area contributed by atoms with E-state index in [0.29, 0.717) is 0 Å². The van der Waals surface area contributed by atoms with Crippen molar-refractivity contribution in [2.45, 2.75) is 46.5 Å². The maximum absolute atomic E-state index is 2.57. The monoisotopic (exact) mass is 169 g/mol. The van der Waals surface area contributed by atoms with Crippen LogP contribution in [0.1, 0.15) is 46.5 Å². The van der Waals surface area contributed by atoms with E-state index in [0.717, 1.165) is 5.41 Å². The smallest absolute Gasteiger partial charge is 0.00135 e. The Morgan fingerprint density at radius 2 is 1.50 bits per heavy atom. The van der Waals surface area contributed by atoms with Crippen molar-refractivity contribution in [1.82, 2.24) is 4.90 Å². The Morgan fingerprint density at radius 1 is 1.00 bits per heavy atom. The summed E-state index contributed by atoms with van der Waals surface area (Å²) in [6, 6.07) is 0. The molecule has 0 aromatic rings. The third-order valence-corrected chi connectivity index (χ3v) is 3.32. The lowest BCUT2D eigenvalue weighted by atomic mass is 9.94. The van der Waals surface area contributed by atoms with Crippen molar-refractivity contribution >= 4 is 0 Å². The van der Waals surface area contributed by atoms with Crippen molar-refractivity contribution in [2.75, 3.05) is 19.6 Å². The highest BCUT2D eigenvalue weighted by Gasteiger charge is 2.43. The Hall–Kier alpha value is -0.0400. The van der Waals surface area contributed by atoms with Gasteiger partial charge in [-0.05, 0) is 50.7 Å². The van der Waals surface area contributed by atoms with Crippen LogP contribution in [0.5, 0.6) is 0 Å². The van der Waals surface area contributed by atoms with Gasteiger partial charge in [0.1, 0.15) is 0 Å². The lowest BCUT2D eigenvalue weighted by molar-refractivity contribution is 0.180. The molecule has 0 aromatic carbocycles. The van der Waals surface area contributed by atoms with Gasteiger partial charge in [-0.15, -0.1) is 0 Å². The lowest BCUT2D eigenvalue weighted by Gasteiger charge is -2.30. The molecular weight excluding hydrogens is 146 g/mol. The summed E-state index contributed by atoms with van der Waals surface area (Å²) in [5, 5.41) is 0. The fourth-order valence-corrected chi connectivity index (χ4v) is 2.02. The zero-order valence-corrected chi connectivity index (χ0v) is 8.90. The van der Waals surface area contributed by atoms with E-state index in [4.69, 9.17) is 0 Å². The zero-order chi connectivity index (χ0) is 9.03. The fourth-order valence-electron chi connectivity index (χ4n) is 2.02. The first-order chi connectivity index (χ1) is 5.85. The lowest BCUT2D eigenvalue weighted by Crippen LogP contribution is -2.34. The number of hydrogen-bond donors (Lipinski definition) is 0. The third kappa shape index (κ3) is 2.22. The van der Waals surface area contributed by atoms with E-state index < -0.39 is 0 Å². The largest absolute Gasteiger partial charge is 0.304 e. The second-order valence-electron chi connectivity index (χ2n) is 3.93. The molecule has 1 aliphatic heterocycles. The van der Waals surface area contributed by atoms with Gasteiger partial charge in [-0.25, -0.2) is 0 Å². The highest BCUT2D eigenvalue weighted by molar-refractivity contribution is 4.96. The van der Waals surface area contributed by atoms with E-state index in [1.807, 2.05) is 13.8 Å². The average Bonchev–Trinajstić information content (AvgIpc) is 2.90. The third-order valence-electron chi connectivity index (χ3n) is 3.32. The van der Waals surface area contributed by atoms with Crippen LogP contribution in [-0.4, -0.2) is 24.5 Å². The van der Waals surface area contributed by atoms with Gasteiger partial charge in [0, 0.05) is 0 Å². The minimum atomic E-state index is 0.867. The SMILES string of the molecule is CC.CCN1CCC2(CC1)CC2. The van der Waals surface area contributed by atoms with Crippen LogP contribution in [0, 0.1) is 5.41 Å². The van der Waals surface area contributed by atoms with E-state index in [1.165, 1.54) is 45.3 Å². The molecule has 0 radical (unpaired) electrons. The van der Waals surface area contributed by atoms with Gasteiger partial charge in [-0.3, -0.25) is 0 Å². The van der Waals surface area contributed by atoms with Crippen LogP contribution < -0.4 is 0 Å². The average molecular weight is 169 g/mol. The summed E-state index contributed by atoms with van der Waals surface area (Å²) >= 11 is 0. The molecule has 0 aromatic heterocycles. The molecule has 0 bridgehead atoms. The quantitative estimate of drug-likeness (QED) is 0.583. The molecule has 1 saturated carbocycles. The predicted molar refractivity (Wildman–Crippen MR) is 54.4 cm³/mol. The van der Waals surface area contributed by atoms with Gasteiger partial charge in [0.2, 0.25) is 0 Å². The van der Waals surface area contributed by atoms with E-state index in [9.17, 15) is 0 Å². The highest BCUT2D eigenvalue weighted by atomic mass is 15.1. The van der Waals surface area contributed by atoms with Crippen molar-refractivity contribution < 1.29 is 0 Å². The molecule has 1 nitrogen and oxygen atoms in total. The Labute approximate surface area is 77.1 Å². The first-order valence-electron chi connectivity index (χ1n) is 5.57. The molecule has 1 heteroatoms. The number of nitrogens with zero attached hydrogens (tertiary/aromatic N) is 1. The standard InChI is InChI=1S/C9H17N.C2H6/c1-2-10-7-5-9(3-4-9)6-8-10;1-2/h2-8H2,1H3;1-2H3. The molecule has 72 valence electrons. The molecule has 0 atom stereocenters. The molecule has 0 amide bonds. The molecule has 2 rings (SSSR count). The molecule has 1 aliphatic carbocycles. The first-order valence-corrected chi connectivity index (χ1v) is 5.57. The maximum Gasteiger partial charge on any atom is -0.00135 e. The van der Waals surface area contributed by atoms with E-state index in [2.05, 4.69) is 11.8 Å². The highest BCUT2D eigenvalue weighted by Crippen LogP contribution is 2.53. The van der Waals surface area contributed by atoms with Crippen molar-refractivity contribution in [3.05, 3.63) is 0 Å². The summed E-state index contributed by atoms with van der Waals surface area (Å²) in [7, 11) is 0. The van der Waals surface area contributed by atoms with Crippen LogP contribution in [0.15, 0.2) is 0 Å². The number of likely N-dealkylation sites (tertiary alicyclic amines) is 1. The number of hydrogen-bond acceptors (Lipinski definition) is 1. The van der Waals surface area contributed by atoms with Gasteiger partial charge in [0.05, 0.1) is 0 Å². The Morgan fingerprint density at radius 3 is 1.83 bits per heavy atom. The topological polar surface area (TPSA) is 3.24 Å². The van der Waals surface area contributed by atoms with Crippen molar-refractivity contribution in [2.24, 2.45) is 5.41 Å². The van der Waals surface area contributed by atoms with Crippen LogP contribution >= 0.6 is 0 Å². The molecule has 2 fully saturated rings. The minimum Gasteiger partial charge on any atom is -0.304 e. The Kier molecular flexibility index (Phi) is 3.57. The van der Waals surface area contributed by atoms with Gasteiger partial charge in [0.15, 0.2) is 0 Å². The second-order valence-corrected chi connectivity index (χ2v) is 3.93. The Balaban J connectivity index is 0.000000336. The zero-order valence-electron chi connectivity index (χ0n) is 8.90. The van der Waals surface area contributed by atoms with Gasteiger partial charge < -0.3 is 4.90 Å². The fraction of sp³-hybridized carbons (Fsp3) is 1.00. The van der Waals surface area contributed by atoms with Crippen LogP contribution in [-0.2, 0) is 0 Å². The first kappa shape index (κ1) is 10.0. The van der Waals surface area contributed by atoms with Crippen molar-refractivity contribution in [1.29, 1.82) is 0 Å². The molecule has 12 heavy (non-hydrogen) atoms. The summed E-state index contributed by atoms with van der Waals surface area (Å²) in [6.07, 6.45) is 6.04. The molecule has 0 N–H and O–H groups in total. The van der Waals surface area contributed by atoms with E-state index in [1.54, 1.807) is 0 Å². The number of rotatable bonds is 1. The normalized spacial score (nSPS) is 26.2. The maximum atomic E-state index is 2.57. The molecule has 1 heterocycles. The molecule has 2 aliphatic rings.